The number of halogens is 3. The lowest BCUT2D eigenvalue weighted by Crippen LogP contribution is -2.42. The van der Waals surface area contributed by atoms with Gasteiger partial charge in [0, 0.05) is 12.0 Å². The predicted molar refractivity (Wildman–Crippen MR) is 158 cm³/mol. The number of amides is 1. The van der Waals surface area contributed by atoms with Gasteiger partial charge in [0.25, 0.3) is 5.91 Å². The maximum absolute atomic E-state index is 12.8. The van der Waals surface area contributed by atoms with Gasteiger partial charge in [0.1, 0.15) is 17.5 Å². The van der Waals surface area contributed by atoms with E-state index < -0.39 is 29.7 Å². The first kappa shape index (κ1) is 29.1. The smallest absolute Gasteiger partial charge is 0.416 e. The Morgan fingerprint density at radius 1 is 0.651 bits per heavy atom. The van der Waals surface area contributed by atoms with Gasteiger partial charge in [-0.05, 0) is 76.3 Å². The normalized spacial score (nSPS) is 11.9. The summed E-state index contributed by atoms with van der Waals surface area (Å²) in [6.45, 7) is 0. The summed E-state index contributed by atoms with van der Waals surface area (Å²) in [4.78, 5) is 24.8. The van der Waals surface area contributed by atoms with Crippen LogP contribution in [0.4, 0.5) is 13.2 Å². The van der Waals surface area contributed by atoms with Crippen molar-refractivity contribution in [2.75, 3.05) is 0 Å². The SMILES string of the molecule is O=C(N[C@@H](Cc1ccc(-c2ccc(Oc3ccccc3)cc2)cc1)C(=O)O)c1ccc(-c2ccc(C(F)(F)F)cc2)cc1. The summed E-state index contributed by atoms with van der Waals surface area (Å²) >= 11 is 0. The van der Waals surface area contributed by atoms with Gasteiger partial charge in [-0.15, -0.1) is 0 Å². The molecular weight excluding hydrogens is 555 g/mol. The molecule has 43 heavy (non-hydrogen) atoms. The van der Waals surface area contributed by atoms with Gasteiger partial charge in [-0.1, -0.05) is 78.9 Å². The third-order valence-corrected chi connectivity index (χ3v) is 6.86. The first-order chi connectivity index (χ1) is 20.7. The molecule has 0 heterocycles. The standard InChI is InChI=1S/C35H26F3NO4/c36-35(37,38)29-18-14-26(15-19-29)25-10-12-28(13-11-25)33(40)39-32(34(41)42)22-23-6-8-24(9-7-23)27-16-20-31(21-17-27)43-30-4-2-1-3-5-30/h1-21,32H,22H2,(H,39,40)(H,41,42)/t32-/m0/s1. The minimum absolute atomic E-state index is 0.0782. The zero-order chi connectivity index (χ0) is 30.4. The Morgan fingerprint density at radius 3 is 1.63 bits per heavy atom. The highest BCUT2D eigenvalue weighted by Crippen LogP contribution is 2.31. The Kier molecular flexibility index (Phi) is 8.57. The predicted octanol–water partition coefficient (Wildman–Crippen LogP) is 8.26. The van der Waals surface area contributed by atoms with Crippen molar-refractivity contribution in [1.29, 1.82) is 0 Å². The van der Waals surface area contributed by atoms with E-state index in [1.54, 1.807) is 12.1 Å². The highest BCUT2D eigenvalue weighted by Gasteiger charge is 2.30. The van der Waals surface area contributed by atoms with Gasteiger partial charge in [-0.2, -0.15) is 13.2 Å². The van der Waals surface area contributed by atoms with Crippen LogP contribution in [0.5, 0.6) is 11.5 Å². The van der Waals surface area contributed by atoms with Crippen LogP contribution in [-0.4, -0.2) is 23.0 Å². The van der Waals surface area contributed by atoms with E-state index in [1.807, 2.05) is 78.9 Å². The van der Waals surface area contributed by atoms with Crippen molar-refractivity contribution in [2.45, 2.75) is 18.6 Å². The van der Waals surface area contributed by atoms with Crippen LogP contribution in [0.2, 0.25) is 0 Å². The lowest BCUT2D eigenvalue weighted by molar-refractivity contribution is -0.139. The summed E-state index contributed by atoms with van der Waals surface area (Å²) in [5.41, 5.74) is 3.32. The average molecular weight is 582 g/mol. The number of hydrogen-bond acceptors (Lipinski definition) is 3. The van der Waals surface area contributed by atoms with Crippen molar-refractivity contribution < 1.29 is 32.6 Å². The molecule has 0 aromatic heterocycles. The van der Waals surface area contributed by atoms with Crippen LogP contribution in [0.15, 0.2) is 127 Å². The number of benzene rings is 5. The Balaban J connectivity index is 1.20. The molecular formula is C35H26F3NO4. The summed E-state index contributed by atoms with van der Waals surface area (Å²) in [7, 11) is 0. The van der Waals surface area contributed by atoms with E-state index in [9.17, 15) is 27.9 Å². The molecule has 8 heteroatoms. The molecule has 0 aliphatic carbocycles. The number of hydrogen-bond donors (Lipinski definition) is 2. The van der Waals surface area contributed by atoms with Crippen molar-refractivity contribution in [3.8, 4) is 33.8 Å². The van der Waals surface area contributed by atoms with Crippen LogP contribution < -0.4 is 10.1 Å². The fourth-order valence-corrected chi connectivity index (χ4v) is 4.52. The summed E-state index contributed by atoms with van der Waals surface area (Å²) in [5.74, 6) is -0.288. The number of aliphatic carboxylic acids is 1. The summed E-state index contributed by atoms with van der Waals surface area (Å²) in [6.07, 6.45) is -4.34. The fraction of sp³-hybridized carbons (Fsp3) is 0.0857. The molecule has 1 amide bonds. The number of rotatable bonds is 9. The third-order valence-electron chi connectivity index (χ3n) is 6.86. The molecule has 0 saturated heterocycles. The van der Waals surface area contributed by atoms with Crippen molar-refractivity contribution in [1.82, 2.24) is 5.32 Å². The molecule has 2 N–H and O–H groups in total. The van der Waals surface area contributed by atoms with Crippen molar-refractivity contribution in [3.05, 3.63) is 144 Å². The number of carboxylic acid groups (broad SMARTS) is 1. The quantitative estimate of drug-likeness (QED) is 0.184. The van der Waals surface area contributed by atoms with Crippen LogP contribution in [-0.2, 0) is 17.4 Å². The molecule has 0 saturated carbocycles. The van der Waals surface area contributed by atoms with E-state index in [-0.39, 0.29) is 12.0 Å². The van der Waals surface area contributed by atoms with E-state index in [2.05, 4.69) is 5.32 Å². The molecule has 0 unspecified atom stereocenters. The van der Waals surface area contributed by atoms with Gasteiger partial charge in [0.15, 0.2) is 0 Å². The second-order valence-corrected chi connectivity index (χ2v) is 9.86. The van der Waals surface area contributed by atoms with Gasteiger partial charge in [-0.3, -0.25) is 4.79 Å². The van der Waals surface area contributed by atoms with E-state index in [0.29, 0.717) is 16.9 Å². The lowest BCUT2D eigenvalue weighted by Gasteiger charge is -2.15. The van der Waals surface area contributed by atoms with Crippen molar-refractivity contribution in [3.63, 3.8) is 0 Å². The number of carbonyl (C=O) groups is 2. The van der Waals surface area contributed by atoms with E-state index in [1.165, 1.54) is 24.3 Å². The van der Waals surface area contributed by atoms with E-state index >= 15 is 0 Å². The summed E-state index contributed by atoms with van der Waals surface area (Å²) < 4.78 is 44.3. The molecule has 216 valence electrons. The number of alkyl halides is 3. The zero-order valence-electron chi connectivity index (χ0n) is 22.7. The van der Waals surface area contributed by atoms with E-state index in [0.717, 1.165) is 34.6 Å². The maximum Gasteiger partial charge on any atom is 0.416 e. The van der Waals surface area contributed by atoms with Crippen LogP contribution in [0.25, 0.3) is 22.3 Å². The Morgan fingerprint density at radius 2 is 1.12 bits per heavy atom. The average Bonchev–Trinajstić information content (AvgIpc) is 3.02. The Labute approximate surface area is 246 Å². The largest absolute Gasteiger partial charge is 0.480 e. The highest BCUT2D eigenvalue weighted by atomic mass is 19.4. The molecule has 0 bridgehead atoms. The second kappa shape index (κ2) is 12.7. The minimum atomic E-state index is -4.42. The second-order valence-electron chi connectivity index (χ2n) is 9.86. The molecule has 5 aromatic carbocycles. The summed E-state index contributed by atoms with van der Waals surface area (Å²) in [5, 5.41) is 12.3. The van der Waals surface area contributed by atoms with Crippen molar-refractivity contribution >= 4 is 11.9 Å². The molecule has 0 fully saturated rings. The van der Waals surface area contributed by atoms with Crippen LogP contribution >= 0.6 is 0 Å². The number of carbonyl (C=O) groups excluding carboxylic acids is 1. The van der Waals surface area contributed by atoms with E-state index in [4.69, 9.17) is 4.74 Å². The first-order valence-electron chi connectivity index (χ1n) is 13.4. The lowest BCUT2D eigenvalue weighted by atomic mass is 10.00. The van der Waals surface area contributed by atoms with Crippen LogP contribution in [0, 0.1) is 0 Å². The molecule has 0 aliphatic heterocycles. The molecule has 0 radical (unpaired) electrons. The Hall–Kier alpha value is -5.37. The molecule has 5 aromatic rings. The maximum atomic E-state index is 12.8. The zero-order valence-corrected chi connectivity index (χ0v) is 22.7. The topological polar surface area (TPSA) is 75.6 Å². The van der Waals surface area contributed by atoms with Gasteiger partial charge < -0.3 is 15.2 Å². The number of nitrogens with one attached hydrogen (secondary N) is 1. The molecule has 5 rings (SSSR count). The highest BCUT2D eigenvalue weighted by molar-refractivity contribution is 5.97. The third kappa shape index (κ3) is 7.48. The summed E-state index contributed by atoms with van der Waals surface area (Å²) in [6, 6.07) is 34.3. The minimum Gasteiger partial charge on any atom is -0.480 e. The molecule has 0 spiro atoms. The first-order valence-corrected chi connectivity index (χ1v) is 13.4. The van der Waals surface area contributed by atoms with Gasteiger partial charge in [0.05, 0.1) is 5.56 Å². The monoisotopic (exact) mass is 581 g/mol. The Bertz CT molecular complexity index is 1680. The van der Waals surface area contributed by atoms with Crippen LogP contribution in [0.1, 0.15) is 21.5 Å². The number of carboxylic acids is 1. The molecule has 5 nitrogen and oxygen atoms in total. The number of para-hydroxylation sites is 1. The molecule has 0 aliphatic rings. The van der Waals surface area contributed by atoms with Gasteiger partial charge >= 0.3 is 12.1 Å². The fourth-order valence-electron chi connectivity index (χ4n) is 4.52. The number of ether oxygens (including phenoxy) is 1. The molecule has 1 atom stereocenters. The van der Waals surface area contributed by atoms with Gasteiger partial charge in [0.2, 0.25) is 0 Å². The van der Waals surface area contributed by atoms with Gasteiger partial charge in [-0.25, -0.2) is 4.79 Å². The van der Waals surface area contributed by atoms with Crippen LogP contribution in [0.3, 0.4) is 0 Å². The van der Waals surface area contributed by atoms with Crippen molar-refractivity contribution in [2.24, 2.45) is 0 Å².